The lowest BCUT2D eigenvalue weighted by Gasteiger charge is -2.32. The van der Waals surface area contributed by atoms with Crippen molar-refractivity contribution in [1.82, 2.24) is 10.2 Å². The molecule has 0 saturated heterocycles. The summed E-state index contributed by atoms with van der Waals surface area (Å²) in [4.78, 5) is 28.9. The third-order valence-corrected chi connectivity index (χ3v) is 8.50. The molecule has 7 nitrogen and oxygen atoms in total. The Morgan fingerprint density at radius 1 is 0.951 bits per heavy atom. The average Bonchev–Trinajstić information content (AvgIpc) is 2.89. The topological polar surface area (TPSA) is 86.8 Å². The van der Waals surface area contributed by atoms with Crippen LogP contribution in [0.1, 0.15) is 37.8 Å². The average molecular weight is 683 g/mol. The maximum Gasteiger partial charge on any atom is 0.243 e. The van der Waals surface area contributed by atoms with Crippen LogP contribution < -0.4 is 9.62 Å². The summed E-state index contributed by atoms with van der Waals surface area (Å²) in [6.45, 7) is 3.96. The summed E-state index contributed by atoms with van der Waals surface area (Å²) < 4.78 is 27.3. The van der Waals surface area contributed by atoms with E-state index in [9.17, 15) is 18.0 Å². The van der Waals surface area contributed by atoms with Crippen LogP contribution >= 0.6 is 39.1 Å². The molecule has 0 bridgehead atoms. The molecule has 0 aliphatic rings. The van der Waals surface area contributed by atoms with Gasteiger partial charge in [-0.3, -0.25) is 13.9 Å². The Hall–Kier alpha value is -2.59. The van der Waals surface area contributed by atoms with E-state index < -0.39 is 16.1 Å². The van der Waals surface area contributed by atoms with Gasteiger partial charge in [-0.25, -0.2) is 8.42 Å². The van der Waals surface area contributed by atoms with Crippen molar-refractivity contribution in [1.29, 1.82) is 0 Å². The van der Waals surface area contributed by atoms with E-state index in [0.717, 1.165) is 26.2 Å². The maximum absolute atomic E-state index is 13.9. The molecule has 41 heavy (non-hydrogen) atoms. The van der Waals surface area contributed by atoms with Gasteiger partial charge in [0, 0.05) is 41.5 Å². The van der Waals surface area contributed by atoms with E-state index >= 15 is 0 Å². The van der Waals surface area contributed by atoms with E-state index in [-0.39, 0.29) is 54.5 Å². The van der Waals surface area contributed by atoms with Gasteiger partial charge in [-0.1, -0.05) is 81.6 Å². The van der Waals surface area contributed by atoms with Gasteiger partial charge in [-0.15, -0.1) is 0 Å². The zero-order chi connectivity index (χ0) is 30.2. The highest BCUT2D eigenvalue weighted by atomic mass is 79.9. The van der Waals surface area contributed by atoms with Crippen LogP contribution in [0.25, 0.3) is 0 Å². The lowest BCUT2D eigenvalue weighted by molar-refractivity contribution is -0.141. The highest BCUT2D eigenvalue weighted by Gasteiger charge is 2.31. The second-order valence-electron chi connectivity index (χ2n) is 10.1. The standard InChI is InChI=1S/C30H34BrCl2N3O4S/c1-21(2)34-30(38)28(18-22-9-5-4-6-10-22)35(20-23-11-7-12-24(31)17-23)29(37)13-8-16-36(41(3,39)40)27-19-25(32)14-15-26(27)33/h4-7,9-12,14-15,17,19,21,28H,8,13,16,18,20H2,1-3H3,(H,34,38)/t28-/m0/s1. The Morgan fingerprint density at radius 2 is 1.63 bits per heavy atom. The molecule has 3 aromatic rings. The van der Waals surface area contributed by atoms with E-state index in [1.807, 2.05) is 68.4 Å². The third-order valence-electron chi connectivity index (χ3n) is 6.27. The molecule has 0 radical (unpaired) electrons. The minimum absolute atomic E-state index is 0.0108. The fraction of sp³-hybridized carbons (Fsp3) is 0.333. The predicted molar refractivity (Wildman–Crippen MR) is 170 cm³/mol. The summed E-state index contributed by atoms with van der Waals surface area (Å²) in [5.74, 6) is -0.522. The number of sulfonamides is 1. The summed E-state index contributed by atoms with van der Waals surface area (Å²) in [6, 6.07) is 20.8. The number of nitrogens with zero attached hydrogens (tertiary/aromatic N) is 2. The van der Waals surface area contributed by atoms with Crippen LogP contribution in [0.4, 0.5) is 5.69 Å². The largest absolute Gasteiger partial charge is 0.352 e. The van der Waals surface area contributed by atoms with Crippen LogP contribution in [0.5, 0.6) is 0 Å². The van der Waals surface area contributed by atoms with Crippen LogP contribution in [0.2, 0.25) is 10.0 Å². The Bertz CT molecular complexity index is 1460. The van der Waals surface area contributed by atoms with Crippen molar-refractivity contribution >= 4 is 66.7 Å². The molecule has 0 fully saturated rings. The molecular formula is C30H34BrCl2N3O4S. The molecule has 0 aliphatic carbocycles. The fourth-order valence-corrected chi connectivity index (χ4v) is 6.28. The van der Waals surface area contributed by atoms with Gasteiger partial charge in [0.2, 0.25) is 21.8 Å². The summed E-state index contributed by atoms with van der Waals surface area (Å²) in [7, 11) is -3.72. The van der Waals surface area contributed by atoms with Crippen molar-refractivity contribution in [3.05, 3.63) is 98.4 Å². The summed E-state index contributed by atoms with van der Waals surface area (Å²) in [5.41, 5.74) is 2.02. The van der Waals surface area contributed by atoms with Crippen LogP contribution in [-0.2, 0) is 32.6 Å². The molecule has 1 atom stereocenters. The normalized spacial score (nSPS) is 12.2. The zero-order valence-electron chi connectivity index (χ0n) is 23.2. The lowest BCUT2D eigenvalue weighted by Crippen LogP contribution is -2.51. The van der Waals surface area contributed by atoms with Gasteiger partial charge in [0.05, 0.1) is 17.0 Å². The van der Waals surface area contributed by atoms with Gasteiger partial charge in [0.25, 0.3) is 0 Å². The predicted octanol–water partition coefficient (Wildman–Crippen LogP) is 6.47. The highest BCUT2D eigenvalue weighted by molar-refractivity contribution is 9.10. The number of halogens is 3. The number of carbonyl (C=O) groups is 2. The van der Waals surface area contributed by atoms with E-state index in [4.69, 9.17) is 23.2 Å². The second kappa shape index (κ2) is 15.0. The molecule has 0 saturated carbocycles. The molecule has 0 spiro atoms. The van der Waals surface area contributed by atoms with Crippen LogP contribution in [0.15, 0.2) is 77.3 Å². The van der Waals surface area contributed by atoms with Crippen molar-refractivity contribution in [2.45, 2.75) is 51.7 Å². The quantitative estimate of drug-likeness (QED) is 0.224. The number of carbonyl (C=O) groups excluding carboxylic acids is 2. The van der Waals surface area contributed by atoms with Crippen LogP contribution in [0.3, 0.4) is 0 Å². The van der Waals surface area contributed by atoms with Gasteiger partial charge in [-0.2, -0.15) is 0 Å². The number of amides is 2. The van der Waals surface area contributed by atoms with E-state index in [1.54, 1.807) is 11.0 Å². The maximum atomic E-state index is 13.9. The monoisotopic (exact) mass is 681 g/mol. The zero-order valence-corrected chi connectivity index (χ0v) is 27.1. The van der Waals surface area contributed by atoms with Crippen molar-refractivity contribution < 1.29 is 18.0 Å². The summed E-state index contributed by atoms with van der Waals surface area (Å²) in [6.07, 6.45) is 1.62. The first kappa shape index (κ1) is 32.9. The molecule has 2 amide bonds. The molecule has 0 unspecified atom stereocenters. The van der Waals surface area contributed by atoms with Gasteiger partial charge in [0.15, 0.2) is 0 Å². The molecule has 3 rings (SSSR count). The van der Waals surface area contributed by atoms with Crippen LogP contribution in [0, 0.1) is 0 Å². The lowest BCUT2D eigenvalue weighted by atomic mass is 10.0. The van der Waals surface area contributed by atoms with Gasteiger partial charge < -0.3 is 10.2 Å². The smallest absolute Gasteiger partial charge is 0.243 e. The van der Waals surface area contributed by atoms with Crippen molar-refractivity contribution in [3.63, 3.8) is 0 Å². The molecule has 0 aliphatic heterocycles. The first-order valence-electron chi connectivity index (χ1n) is 13.2. The van der Waals surface area contributed by atoms with Gasteiger partial charge in [0.1, 0.15) is 6.04 Å². The molecule has 0 aromatic heterocycles. The van der Waals surface area contributed by atoms with Crippen LogP contribution in [-0.4, -0.2) is 50.0 Å². The number of benzene rings is 3. The van der Waals surface area contributed by atoms with Crippen molar-refractivity contribution in [2.24, 2.45) is 0 Å². The second-order valence-corrected chi connectivity index (χ2v) is 13.7. The number of rotatable bonds is 13. The number of nitrogens with one attached hydrogen (secondary N) is 1. The van der Waals surface area contributed by atoms with Gasteiger partial charge in [-0.05, 0) is 61.7 Å². The minimum Gasteiger partial charge on any atom is -0.352 e. The van der Waals surface area contributed by atoms with Gasteiger partial charge >= 0.3 is 0 Å². The molecule has 11 heteroatoms. The minimum atomic E-state index is -3.72. The summed E-state index contributed by atoms with van der Waals surface area (Å²) in [5, 5.41) is 3.54. The van der Waals surface area contributed by atoms with E-state index in [1.165, 1.54) is 12.1 Å². The highest BCUT2D eigenvalue weighted by Crippen LogP contribution is 2.31. The Morgan fingerprint density at radius 3 is 2.27 bits per heavy atom. The number of hydrogen-bond donors (Lipinski definition) is 1. The number of hydrogen-bond acceptors (Lipinski definition) is 4. The SMILES string of the molecule is CC(C)NC(=O)[C@H](Cc1ccccc1)N(Cc1cccc(Br)c1)C(=O)CCCN(c1cc(Cl)ccc1Cl)S(C)(=O)=O. The Labute approximate surface area is 261 Å². The molecule has 220 valence electrons. The molecule has 1 N–H and O–H groups in total. The first-order chi connectivity index (χ1) is 19.3. The molecule has 3 aromatic carbocycles. The first-order valence-corrected chi connectivity index (χ1v) is 16.6. The summed E-state index contributed by atoms with van der Waals surface area (Å²) >= 11 is 15.9. The van der Waals surface area contributed by atoms with E-state index in [0.29, 0.717) is 11.4 Å². The Balaban J connectivity index is 1.90. The molecular weight excluding hydrogens is 649 g/mol. The van der Waals surface area contributed by atoms with Crippen molar-refractivity contribution in [2.75, 3.05) is 17.1 Å². The van der Waals surface area contributed by atoms with E-state index in [2.05, 4.69) is 21.2 Å². The Kier molecular flexibility index (Phi) is 12.1. The third kappa shape index (κ3) is 10.0. The fourth-order valence-electron chi connectivity index (χ4n) is 4.43. The van der Waals surface area contributed by atoms with Crippen molar-refractivity contribution in [3.8, 4) is 0 Å². The molecule has 0 heterocycles. The number of anilines is 1.